The zero-order valence-electron chi connectivity index (χ0n) is 12.5. The van der Waals surface area contributed by atoms with E-state index < -0.39 is 0 Å². The van der Waals surface area contributed by atoms with E-state index in [0.717, 1.165) is 16.9 Å². The average molecular weight is 283 g/mol. The number of ether oxygens (including phenoxy) is 1. The molecule has 3 heteroatoms. The highest BCUT2D eigenvalue weighted by molar-refractivity contribution is 5.52. The van der Waals surface area contributed by atoms with Crippen LogP contribution in [0.5, 0.6) is 5.75 Å². The molecule has 0 aromatic heterocycles. The van der Waals surface area contributed by atoms with Crippen LogP contribution in [-0.4, -0.2) is 11.7 Å². The molecule has 0 fully saturated rings. The molecule has 0 saturated heterocycles. The molecule has 0 bridgehead atoms. The second-order valence-electron chi connectivity index (χ2n) is 5.19. The molecule has 0 amide bonds. The molecule has 3 N–H and O–H groups in total. The van der Waals surface area contributed by atoms with Gasteiger partial charge in [-0.2, -0.15) is 0 Å². The van der Waals surface area contributed by atoms with Crippen molar-refractivity contribution in [2.24, 2.45) is 5.73 Å². The molecular weight excluding hydrogens is 262 g/mol. The largest absolute Gasteiger partial charge is 0.511 e. The lowest BCUT2D eigenvalue weighted by molar-refractivity contribution is 0.306. The molecular formula is C18H21NO2. The molecule has 0 spiro atoms. The van der Waals surface area contributed by atoms with Crippen LogP contribution in [0.3, 0.4) is 0 Å². The third-order valence-electron chi connectivity index (χ3n) is 3.11. The third-order valence-corrected chi connectivity index (χ3v) is 3.11. The minimum absolute atomic E-state index is 0.144. The second-order valence-corrected chi connectivity index (χ2v) is 5.19. The smallest absolute Gasteiger partial charge is 0.119 e. The fourth-order valence-corrected chi connectivity index (χ4v) is 2.23. The van der Waals surface area contributed by atoms with Gasteiger partial charge in [0.1, 0.15) is 18.1 Å². The SMILES string of the molecule is Cc1cc(C)cc(COc2ccc(C=C(O)CN)cc2)c1. The highest BCUT2D eigenvalue weighted by Gasteiger charge is 1.99. The minimum Gasteiger partial charge on any atom is -0.511 e. The molecule has 0 atom stereocenters. The van der Waals surface area contributed by atoms with E-state index in [-0.39, 0.29) is 12.3 Å². The van der Waals surface area contributed by atoms with Crippen LogP contribution in [0.1, 0.15) is 22.3 Å². The molecule has 21 heavy (non-hydrogen) atoms. The number of aryl methyl sites for hydroxylation is 2. The summed E-state index contributed by atoms with van der Waals surface area (Å²) >= 11 is 0. The van der Waals surface area contributed by atoms with Gasteiger partial charge in [-0.15, -0.1) is 0 Å². The monoisotopic (exact) mass is 283 g/mol. The van der Waals surface area contributed by atoms with Crippen molar-refractivity contribution in [3.8, 4) is 5.75 Å². The molecule has 110 valence electrons. The summed E-state index contributed by atoms with van der Waals surface area (Å²) in [7, 11) is 0. The van der Waals surface area contributed by atoms with Crippen molar-refractivity contribution >= 4 is 6.08 Å². The van der Waals surface area contributed by atoms with Crippen LogP contribution < -0.4 is 10.5 Å². The molecule has 0 saturated carbocycles. The number of aliphatic hydroxyl groups excluding tert-OH is 1. The Balaban J connectivity index is 2.00. The van der Waals surface area contributed by atoms with Gasteiger partial charge >= 0.3 is 0 Å². The third kappa shape index (κ3) is 4.65. The van der Waals surface area contributed by atoms with Crippen molar-refractivity contribution in [3.63, 3.8) is 0 Å². The highest BCUT2D eigenvalue weighted by atomic mass is 16.5. The number of nitrogens with two attached hydrogens (primary N) is 1. The summed E-state index contributed by atoms with van der Waals surface area (Å²) in [5.41, 5.74) is 9.89. The summed E-state index contributed by atoms with van der Waals surface area (Å²) in [4.78, 5) is 0. The Morgan fingerprint density at radius 3 is 2.29 bits per heavy atom. The van der Waals surface area contributed by atoms with Gasteiger partial charge in [0.25, 0.3) is 0 Å². The first-order valence-corrected chi connectivity index (χ1v) is 6.96. The lowest BCUT2D eigenvalue weighted by Crippen LogP contribution is -2.01. The van der Waals surface area contributed by atoms with Crippen molar-refractivity contribution in [1.29, 1.82) is 0 Å². The van der Waals surface area contributed by atoms with Gasteiger partial charge in [0.2, 0.25) is 0 Å². The van der Waals surface area contributed by atoms with Crippen LogP contribution >= 0.6 is 0 Å². The van der Waals surface area contributed by atoms with Crippen LogP contribution in [0.4, 0.5) is 0 Å². The minimum atomic E-state index is 0.144. The Labute approximate surface area is 125 Å². The van der Waals surface area contributed by atoms with E-state index in [1.54, 1.807) is 6.08 Å². The first kappa shape index (κ1) is 15.1. The van der Waals surface area contributed by atoms with Crippen LogP contribution in [0, 0.1) is 13.8 Å². The van der Waals surface area contributed by atoms with Gasteiger partial charge in [0.05, 0.1) is 6.54 Å². The van der Waals surface area contributed by atoms with E-state index in [0.29, 0.717) is 6.61 Å². The number of hydrogen-bond donors (Lipinski definition) is 2. The maximum absolute atomic E-state index is 9.39. The maximum Gasteiger partial charge on any atom is 0.119 e. The van der Waals surface area contributed by atoms with Crippen LogP contribution in [-0.2, 0) is 6.61 Å². The van der Waals surface area contributed by atoms with Crippen LogP contribution in [0.2, 0.25) is 0 Å². The number of hydrogen-bond acceptors (Lipinski definition) is 3. The summed E-state index contributed by atoms with van der Waals surface area (Å²) in [6.07, 6.45) is 1.65. The van der Waals surface area contributed by atoms with Crippen LogP contribution in [0.25, 0.3) is 6.08 Å². The van der Waals surface area contributed by atoms with Crippen molar-refractivity contribution < 1.29 is 9.84 Å². The predicted molar refractivity (Wildman–Crippen MR) is 86.4 cm³/mol. The summed E-state index contributed by atoms with van der Waals surface area (Å²) in [6.45, 7) is 4.86. The number of aliphatic hydroxyl groups is 1. The standard InChI is InChI=1S/C18H21NO2/c1-13-7-14(2)9-16(8-13)12-21-18-5-3-15(4-6-18)10-17(20)11-19/h3-10,20H,11-12,19H2,1-2H3. The Morgan fingerprint density at radius 2 is 1.71 bits per heavy atom. The quantitative estimate of drug-likeness (QED) is 0.822. The molecule has 0 heterocycles. The predicted octanol–water partition coefficient (Wildman–Crippen LogP) is 3.74. The summed E-state index contributed by atoms with van der Waals surface area (Å²) in [5, 5.41) is 9.39. The van der Waals surface area contributed by atoms with Crippen molar-refractivity contribution in [2.75, 3.05) is 6.54 Å². The molecule has 0 aliphatic carbocycles. The Bertz CT molecular complexity index is 610. The lowest BCUT2D eigenvalue weighted by atomic mass is 10.1. The van der Waals surface area contributed by atoms with Gasteiger partial charge in [-0.3, -0.25) is 0 Å². The molecule has 2 rings (SSSR count). The van der Waals surface area contributed by atoms with Gasteiger partial charge in [-0.1, -0.05) is 41.5 Å². The molecule has 2 aromatic carbocycles. The Kier molecular flexibility index (Phi) is 5.01. The molecule has 2 aromatic rings. The zero-order valence-corrected chi connectivity index (χ0v) is 12.5. The normalized spacial score (nSPS) is 11.5. The first-order chi connectivity index (χ1) is 10.1. The van der Waals surface area contributed by atoms with E-state index in [1.165, 1.54) is 11.1 Å². The van der Waals surface area contributed by atoms with Crippen molar-refractivity contribution in [2.45, 2.75) is 20.5 Å². The Morgan fingerprint density at radius 1 is 1.10 bits per heavy atom. The van der Waals surface area contributed by atoms with Crippen molar-refractivity contribution in [1.82, 2.24) is 0 Å². The van der Waals surface area contributed by atoms with Gasteiger partial charge in [-0.25, -0.2) is 0 Å². The summed E-state index contributed by atoms with van der Waals surface area (Å²) in [5.74, 6) is 0.970. The van der Waals surface area contributed by atoms with Crippen LogP contribution in [0.15, 0.2) is 48.2 Å². The van der Waals surface area contributed by atoms with E-state index in [1.807, 2.05) is 24.3 Å². The second kappa shape index (κ2) is 6.95. The van der Waals surface area contributed by atoms with Gasteiger partial charge < -0.3 is 15.6 Å². The average Bonchev–Trinajstić information content (AvgIpc) is 2.45. The highest BCUT2D eigenvalue weighted by Crippen LogP contribution is 2.17. The molecule has 0 aliphatic rings. The zero-order chi connectivity index (χ0) is 15.2. The lowest BCUT2D eigenvalue weighted by Gasteiger charge is -2.08. The molecule has 3 nitrogen and oxygen atoms in total. The van der Waals surface area contributed by atoms with E-state index in [2.05, 4.69) is 32.0 Å². The van der Waals surface area contributed by atoms with E-state index in [4.69, 9.17) is 10.5 Å². The fourth-order valence-electron chi connectivity index (χ4n) is 2.23. The number of benzene rings is 2. The Hall–Kier alpha value is -2.26. The molecule has 0 unspecified atom stereocenters. The van der Waals surface area contributed by atoms with Crippen molar-refractivity contribution in [3.05, 3.63) is 70.5 Å². The molecule has 0 radical (unpaired) electrons. The fraction of sp³-hybridized carbons (Fsp3) is 0.222. The van der Waals surface area contributed by atoms with E-state index >= 15 is 0 Å². The number of rotatable bonds is 5. The topological polar surface area (TPSA) is 55.5 Å². The maximum atomic E-state index is 9.39. The molecule has 0 aliphatic heterocycles. The van der Waals surface area contributed by atoms with Gasteiger partial charge in [0.15, 0.2) is 0 Å². The summed E-state index contributed by atoms with van der Waals surface area (Å²) in [6, 6.07) is 14.0. The van der Waals surface area contributed by atoms with Gasteiger partial charge in [-0.05, 0) is 43.2 Å². The van der Waals surface area contributed by atoms with E-state index in [9.17, 15) is 5.11 Å². The first-order valence-electron chi connectivity index (χ1n) is 6.96. The van der Waals surface area contributed by atoms with Gasteiger partial charge in [0, 0.05) is 0 Å². The summed E-state index contributed by atoms with van der Waals surface area (Å²) < 4.78 is 5.78.